The van der Waals surface area contributed by atoms with Crippen LogP contribution in [-0.2, 0) is 0 Å². The molecule has 0 unspecified atom stereocenters. The maximum Gasteiger partial charge on any atom is 0.0307 e. The number of piperidine rings is 1. The van der Waals surface area contributed by atoms with E-state index in [1.165, 1.54) is 51.6 Å². The van der Waals surface area contributed by atoms with Gasteiger partial charge < -0.3 is 0 Å². The van der Waals surface area contributed by atoms with Gasteiger partial charge in [-0.15, -0.1) is 0 Å². The summed E-state index contributed by atoms with van der Waals surface area (Å²) in [7, 11) is 0. The summed E-state index contributed by atoms with van der Waals surface area (Å²) >= 11 is 0. The van der Waals surface area contributed by atoms with Gasteiger partial charge in [-0.1, -0.05) is 44.6 Å². The molecule has 90 valence electrons. The van der Waals surface area contributed by atoms with Crippen molar-refractivity contribution in [3.8, 4) is 11.8 Å². The van der Waals surface area contributed by atoms with Crippen molar-refractivity contribution in [3.05, 3.63) is 12.2 Å². The van der Waals surface area contributed by atoms with Gasteiger partial charge >= 0.3 is 0 Å². The lowest BCUT2D eigenvalue weighted by Gasteiger charge is -2.25. The van der Waals surface area contributed by atoms with Crippen molar-refractivity contribution in [1.29, 1.82) is 0 Å². The summed E-state index contributed by atoms with van der Waals surface area (Å²) in [5.41, 5.74) is 1.10. The summed E-state index contributed by atoms with van der Waals surface area (Å²) in [5.74, 6) is 6.44. The fourth-order valence-corrected chi connectivity index (χ4v) is 2.08. The number of unbranched alkanes of at least 4 members (excludes halogenated alkanes) is 3. The maximum absolute atomic E-state index is 4.05. The highest BCUT2D eigenvalue weighted by Gasteiger charge is 2.09. The summed E-state index contributed by atoms with van der Waals surface area (Å²) in [6.45, 7) is 9.73. The smallest absolute Gasteiger partial charge is 0.0307 e. The second-order valence-electron chi connectivity index (χ2n) is 4.70. The standard InChI is InChI=1S/C15H25N/c1-3-4-5-6-8-11-15(2)14-16-12-9-7-10-13-16/h2-7,9-10,12-14H2,1H3. The van der Waals surface area contributed by atoms with E-state index in [9.17, 15) is 0 Å². The summed E-state index contributed by atoms with van der Waals surface area (Å²) in [5, 5.41) is 0. The first-order valence-electron chi connectivity index (χ1n) is 6.72. The molecule has 16 heavy (non-hydrogen) atoms. The van der Waals surface area contributed by atoms with Gasteiger partial charge in [0.05, 0.1) is 0 Å². The Morgan fingerprint density at radius 1 is 1.19 bits per heavy atom. The molecule has 0 spiro atoms. The molecule has 0 atom stereocenters. The number of rotatable bonds is 5. The van der Waals surface area contributed by atoms with Gasteiger partial charge in [0.1, 0.15) is 0 Å². The molecule has 1 rings (SSSR count). The van der Waals surface area contributed by atoms with E-state index >= 15 is 0 Å². The minimum atomic E-state index is 0.987. The van der Waals surface area contributed by atoms with Gasteiger partial charge in [-0.2, -0.15) is 0 Å². The van der Waals surface area contributed by atoms with Crippen molar-refractivity contribution >= 4 is 0 Å². The molecule has 1 heterocycles. The lowest BCUT2D eigenvalue weighted by atomic mass is 10.1. The zero-order valence-electron chi connectivity index (χ0n) is 10.7. The van der Waals surface area contributed by atoms with Crippen LogP contribution in [-0.4, -0.2) is 24.5 Å². The Morgan fingerprint density at radius 2 is 1.94 bits per heavy atom. The van der Waals surface area contributed by atoms with E-state index in [0.717, 1.165) is 18.5 Å². The third-order valence-electron chi connectivity index (χ3n) is 3.03. The molecular formula is C15H25N. The van der Waals surface area contributed by atoms with Gasteiger partial charge in [-0.05, 0) is 32.4 Å². The molecule has 1 heteroatoms. The van der Waals surface area contributed by atoms with Crippen molar-refractivity contribution in [2.75, 3.05) is 19.6 Å². The van der Waals surface area contributed by atoms with Crippen LogP contribution in [0.2, 0.25) is 0 Å². The van der Waals surface area contributed by atoms with Crippen molar-refractivity contribution in [2.24, 2.45) is 0 Å². The SMILES string of the molecule is C=C(C#CCCCCC)CN1CCCCC1. The van der Waals surface area contributed by atoms with Crippen LogP contribution in [0.4, 0.5) is 0 Å². The molecule has 1 saturated heterocycles. The molecule has 1 aliphatic rings. The van der Waals surface area contributed by atoms with Gasteiger partial charge in [-0.3, -0.25) is 4.90 Å². The quantitative estimate of drug-likeness (QED) is 0.504. The van der Waals surface area contributed by atoms with E-state index in [1.807, 2.05) is 0 Å². The van der Waals surface area contributed by atoms with E-state index < -0.39 is 0 Å². The number of nitrogens with zero attached hydrogens (tertiary/aromatic N) is 1. The predicted octanol–water partition coefficient (Wildman–Crippen LogP) is 3.61. The molecule has 1 aliphatic heterocycles. The second-order valence-corrected chi connectivity index (χ2v) is 4.70. The largest absolute Gasteiger partial charge is 0.298 e. The third kappa shape index (κ3) is 5.98. The van der Waals surface area contributed by atoms with E-state index in [2.05, 4.69) is 30.2 Å². The van der Waals surface area contributed by atoms with Gasteiger partial charge in [0.15, 0.2) is 0 Å². The molecule has 0 saturated carbocycles. The molecular weight excluding hydrogens is 194 g/mol. The minimum absolute atomic E-state index is 0.987. The number of likely N-dealkylation sites (tertiary alicyclic amines) is 1. The Labute approximate surface area is 101 Å². The molecule has 0 radical (unpaired) electrons. The average Bonchev–Trinajstić information content (AvgIpc) is 2.30. The first-order chi connectivity index (χ1) is 7.83. The topological polar surface area (TPSA) is 3.24 Å². The van der Waals surface area contributed by atoms with Crippen molar-refractivity contribution < 1.29 is 0 Å². The van der Waals surface area contributed by atoms with Crippen LogP contribution < -0.4 is 0 Å². The fraction of sp³-hybridized carbons (Fsp3) is 0.733. The van der Waals surface area contributed by atoms with E-state index in [1.54, 1.807) is 0 Å². The minimum Gasteiger partial charge on any atom is -0.298 e. The lowest BCUT2D eigenvalue weighted by molar-refractivity contribution is 0.249. The third-order valence-corrected chi connectivity index (χ3v) is 3.03. The monoisotopic (exact) mass is 219 g/mol. The Kier molecular flexibility index (Phi) is 7.01. The van der Waals surface area contributed by atoms with Crippen molar-refractivity contribution in [1.82, 2.24) is 4.90 Å². The summed E-state index contributed by atoms with van der Waals surface area (Å²) < 4.78 is 0. The van der Waals surface area contributed by atoms with E-state index in [4.69, 9.17) is 0 Å². The van der Waals surface area contributed by atoms with E-state index in [-0.39, 0.29) is 0 Å². The highest BCUT2D eigenvalue weighted by molar-refractivity contribution is 5.26. The predicted molar refractivity (Wildman–Crippen MR) is 71.3 cm³/mol. The zero-order chi connectivity index (χ0) is 11.6. The summed E-state index contributed by atoms with van der Waals surface area (Å²) in [6.07, 6.45) is 8.93. The molecule has 0 aromatic heterocycles. The summed E-state index contributed by atoms with van der Waals surface area (Å²) in [4.78, 5) is 2.48. The molecule has 0 N–H and O–H groups in total. The average molecular weight is 219 g/mol. The van der Waals surface area contributed by atoms with Crippen LogP contribution >= 0.6 is 0 Å². The Balaban J connectivity index is 2.13. The van der Waals surface area contributed by atoms with Gasteiger partial charge in [0, 0.05) is 18.5 Å². The molecule has 1 fully saturated rings. The zero-order valence-corrected chi connectivity index (χ0v) is 10.7. The Morgan fingerprint density at radius 3 is 2.62 bits per heavy atom. The first kappa shape index (κ1) is 13.3. The maximum atomic E-state index is 4.05. The highest BCUT2D eigenvalue weighted by atomic mass is 15.1. The van der Waals surface area contributed by atoms with Gasteiger partial charge in [0.25, 0.3) is 0 Å². The fourth-order valence-electron chi connectivity index (χ4n) is 2.08. The van der Waals surface area contributed by atoms with E-state index in [0.29, 0.717) is 0 Å². The van der Waals surface area contributed by atoms with Crippen LogP contribution in [0.3, 0.4) is 0 Å². The van der Waals surface area contributed by atoms with Crippen LogP contribution in [0, 0.1) is 11.8 Å². The number of hydrogen-bond donors (Lipinski definition) is 0. The lowest BCUT2D eigenvalue weighted by Crippen LogP contribution is -2.31. The molecule has 0 amide bonds. The van der Waals surface area contributed by atoms with Crippen LogP contribution in [0.1, 0.15) is 51.9 Å². The van der Waals surface area contributed by atoms with Crippen LogP contribution in [0.5, 0.6) is 0 Å². The first-order valence-corrected chi connectivity index (χ1v) is 6.72. The Hall–Kier alpha value is -0.740. The molecule has 0 aliphatic carbocycles. The van der Waals surface area contributed by atoms with Gasteiger partial charge in [-0.25, -0.2) is 0 Å². The molecule has 0 aromatic carbocycles. The number of hydrogen-bond acceptors (Lipinski definition) is 1. The molecule has 1 nitrogen and oxygen atoms in total. The van der Waals surface area contributed by atoms with Gasteiger partial charge in [0.2, 0.25) is 0 Å². The molecule has 0 bridgehead atoms. The van der Waals surface area contributed by atoms with Crippen molar-refractivity contribution in [2.45, 2.75) is 51.9 Å². The van der Waals surface area contributed by atoms with Crippen LogP contribution in [0.15, 0.2) is 12.2 Å². The normalized spacial score (nSPS) is 16.6. The summed E-state index contributed by atoms with van der Waals surface area (Å²) in [6, 6.07) is 0. The van der Waals surface area contributed by atoms with Crippen LogP contribution in [0.25, 0.3) is 0 Å². The molecule has 0 aromatic rings. The second kappa shape index (κ2) is 8.42. The highest BCUT2D eigenvalue weighted by Crippen LogP contribution is 2.09. The Bertz CT molecular complexity index is 250. The van der Waals surface area contributed by atoms with Crippen molar-refractivity contribution in [3.63, 3.8) is 0 Å².